The van der Waals surface area contributed by atoms with Crippen LogP contribution in [0.1, 0.15) is 42.9 Å². The summed E-state index contributed by atoms with van der Waals surface area (Å²) < 4.78 is 12.9. The summed E-state index contributed by atoms with van der Waals surface area (Å²) in [5.41, 5.74) is 2.99. The number of fused-ring (bicyclic) bond motifs is 1. The minimum Gasteiger partial charge on any atom is -0.476 e. The first-order chi connectivity index (χ1) is 13.6. The highest BCUT2D eigenvalue weighted by atomic mass is 16.5. The van der Waals surface area contributed by atoms with E-state index in [9.17, 15) is 9.90 Å². The molecule has 0 unspecified atom stereocenters. The molecule has 0 radical (unpaired) electrons. The first kappa shape index (κ1) is 18.4. The van der Waals surface area contributed by atoms with Crippen LogP contribution in [0.4, 0.5) is 5.69 Å². The van der Waals surface area contributed by atoms with Crippen molar-refractivity contribution in [1.82, 2.24) is 19.7 Å². The summed E-state index contributed by atoms with van der Waals surface area (Å²) in [6, 6.07) is 0.238. The number of hydrogen-bond donors (Lipinski definition) is 2. The number of hydrogen-bond acceptors (Lipinski definition) is 7. The number of carboxylic acids is 1. The lowest BCUT2D eigenvalue weighted by atomic mass is 10.0. The Morgan fingerprint density at radius 1 is 1.32 bits per heavy atom. The second-order valence-electron chi connectivity index (χ2n) is 6.73. The Hall–Kier alpha value is -2.94. The van der Waals surface area contributed by atoms with Gasteiger partial charge in [0.1, 0.15) is 6.26 Å². The molecule has 4 rings (SSSR count). The molecule has 0 aromatic carbocycles. The molecule has 0 atom stereocenters. The van der Waals surface area contributed by atoms with Gasteiger partial charge in [-0.3, -0.25) is 0 Å². The van der Waals surface area contributed by atoms with E-state index in [1.807, 2.05) is 18.5 Å². The van der Waals surface area contributed by atoms with Crippen molar-refractivity contribution in [3.05, 3.63) is 23.8 Å². The highest BCUT2D eigenvalue weighted by Crippen LogP contribution is 2.37. The summed E-state index contributed by atoms with van der Waals surface area (Å²) in [7, 11) is 0. The molecule has 1 saturated heterocycles. The van der Waals surface area contributed by atoms with Crippen molar-refractivity contribution in [1.29, 1.82) is 0 Å². The van der Waals surface area contributed by atoms with Gasteiger partial charge in [0, 0.05) is 25.8 Å². The third-order valence-electron chi connectivity index (χ3n) is 5.00. The molecule has 9 heteroatoms. The van der Waals surface area contributed by atoms with Crippen LogP contribution in [-0.4, -0.2) is 50.1 Å². The Balaban J connectivity index is 1.91. The minimum atomic E-state index is -1.13. The van der Waals surface area contributed by atoms with Crippen molar-refractivity contribution in [2.24, 2.45) is 0 Å². The number of aryl methyl sites for hydroxylation is 2. The summed E-state index contributed by atoms with van der Waals surface area (Å²) in [5.74, 6) is -0.873. The van der Waals surface area contributed by atoms with E-state index < -0.39 is 5.97 Å². The summed E-state index contributed by atoms with van der Waals surface area (Å²) >= 11 is 0. The van der Waals surface area contributed by atoms with Gasteiger partial charge < -0.3 is 19.6 Å². The van der Waals surface area contributed by atoms with E-state index in [1.165, 1.54) is 0 Å². The van der Waals surface area contributed by atoms with Crippen LogP contribution in [0.5, 0.6) is 0 Å². The second-order valence-corrected chi connectivity index (χ2v) is 6.73. The Labute approximate surface area is 161 Å². The van der Waals surface area contributed by atoms with E-state index in [1.54, 1.807) is 6.20 Å². The van der Waals surface area contributed by atoms with Gasteiger partial charge in [0.2, 0.25) is 5.89 Å². The zero-order valence-corrected chi connectivity index (χ0v) is 15.9. The molecule has 28 heavy (non-hydrogen) atoms. The number of aromatic nitrogens is 4. The van der Waals surface area contributed by atoms with E-state index in [-0.39, 0.29) is 17.6 Å². The van der Waals surface area contributed by atoms with Gasteiger partial charge in [-0.2, -0.15) is 5.10 Å². The van der Waals surface area contributed by atoms with E-state index in [4.69, 9.17) is 14.1 Å². The number of pyridine rings is 1. The zero-order valence-electron chi connectivity index (χ0n) is 15.9. The maximum atomic E-state index is 11.3. The molecule has 0 bridgehead atoms. The molecular weight excluding hydrogens is 362 g/mol. The number of nitrogens with one attached hydrogen (secondary N) is 1. The van der Waals surface area contributed by atoms with Gasteiger partial charge in [-0.15, -0.1) is 0 Å². The lowest BCUT2D eigenvalue weighted by molar-refractivity contribution is 0.0690. The van der Waals surface area contributed by atoms with Crippen LogP contribution in [0, 0.1) is 0 Å². The molecule has 4 heterocycles. The predicted molar refractivity (Wildman–Crippen MR) is 103 cm³/mol. The van der Waals surface area contributed by atoms with Crippen molar-refractivity contribution in [3.8, 4) is 11.5 Å². The maximum absolute atomic E-state index is 11.3. The zero-order chi connectivity index (χ0) is 19.7. The van der Waals surface area contributed by atoms with Crippen LogP contribution < -0.4 is 5.32 Å². The van der Waals surface area contributed by atoms with Gasteiger partial charge in [0.15, 0.2) is 11.3 Å². The van der Waals surface area contributed by atoms with Gasteiger partial charge in [-0.05, 0) is 26.2 Å². The van der Waals surface area contributed by atoms with Crippen LogP contribution in [0.15, 0.2) is 16.9 Å². The van der Waals surface area contributed by atoms with Gasteiger partial charge in [-0.1, -0.05) is 6.92 Å². The van der Waals surface area contributed by atoms with E-state index >= 15 is 0 Å². The number of oxazole rings is 1. The lowest BCUT2D eigenvalue weighted by Gasteiger charge is -2.26. The molecule has 2 N–H and O–H groups in total. The van der Waals surface area contributed by atoms with Gasteiger partial charge in [-0.25, -0.2) is 19.4 Å². The van der Waals surface area contributed by atoms with E-state index in [2.05, 4.69) is 15.4 Å². The predicted octanol–water partition coefficient (Wildman–Crippen LogP) is 2.96. The fourth-order valence-electron chi connectivity index (χ4n) is 3.54. The quantitative estimate of drug-likeness (QED) is 0.665. The average Bonchev–Trinajstić information content (AvgIpc) is 3.35. The first-order valence-corrected chi connectivity index (χ1v) is 9.54. The minimum absolute atomic E-state index is 0.126. The van der Waals surface area contributed by atoms with Crippen molar-refractivity contribution in [3.63, 3.8) is 0 Å². The van der Waals surface area contributed by atoms with Gasteiger partial charge in [0.05, 0.1) is 28.5 Å². The largest absolute Gasteiger partial charge is 0.476 e. The van der Waals surface area contributed by atoms with Crippen LogP contribution in [0.2, 0.25) is 0 Å². The molecule has 1 aliphatic heterocycles. The fourth-order valence-corrected chi connectivity index (χ4v) is 3.54. The van der Waals surface area contributed by atoms with Crippen molar-refractivity contribution in [2.45, 2.75) is 45.7 Å². The SMILES string of the molecule is CCc1nc2c(cnn2CC)c(NC2CCOCC2)c1-c1nc(C(=O)O)co1. The molecule has 1 aliphatic rings. The van der Waals surface area contributed by atoms with Gasteiger partial charge in [0.25, 0.3) is 0 Å². The normalized spacial score (nSPS) is 15.2. The fraction of sp³-hybridized carbons (Fsp3) is 0.474. The number of rotatable bonds is 6. The van der Waals surface area contributed by atoms with Crippen molar-refractivity contribution in [2.75, 3.05) is 18.5 Å². The highest BCUT2D eigenvalue weighted by molar-refractivity contribution is 5.98. The number of ether oxygens (including phenoxy) is 1. The van der Waals surface area contributed by atoms with Crippen molar-refractivity contribution < 1.29 is 19.1 Å². The molecule has 3 aromatic heterocycles. The van der Waals surface area contributed by atoms with E-state index in [0.717, 1.165) is 41.5 Å². The average molecular weight is 385 g/mol. The lowest BCUT2D eigenvalue weighted by Crippen LogP contribution is -2.28. The van der Waals surface area contributed by atoms with Crippen LogP contribution in [-0.2, 0) is 17.7 Å². The molecule has 0 saturated carbocycles. The number of carbonyl (C=O) groups is 1. The monoisotopic (exact) mass is 385 g/mol. The summed E-state index contributed by atoms with van der Waals surface area (Å²) in [6.07, 6.45) is 5.37. The molecule has 3 aromatic rings. The molecular formula is C19H23N5O4. The number of aromatic carboxylic acids is 1. The molecule has 148 valence electrons. The summed E-state index contributed by atoms with van der Waals surface area (Å²) in [5, 5.41) is 18.2. The standard InChI is InChI=1S/C19H23N5O4/c1-3-13-15(18-23-14(10-28-18)19(25)26)16(21-11-5-7-27-8-6-11)12-9-20-24(4-2)17(12)22-13/h9-11H,3-8H2,1-2H3,(H,21,22)(H,25,26). The summed E-state index contributed by atoms with van der Waals surface area (Å²) in [4.78, 5) is 20.3. The Morgan fingerprint density at radius 3 is 2.75 bits per heavy atom. The van der Waals surface area contributed by atoms with E-state index in [0.29, 0.717) is 31.7 Å². The molecule has 0 aliphatic carbocycles. The third-order valence-corrected chi connectivity index (χ3v) is 5.00. The van der Waals surface area contributed by atoms with Gasteiger partial charge >= 0.3 is 5.97 Å². The Morgan fingerprint density at radius 2 is 2.11 bits per heavy atom. The second kappa shape index (κ2) is 7.59. The maximum Gasteiger partial charge on any atom is 0.357 e. The molecule has 0 spiro atoms. The number of nitrogens with zero attached hydrogens (tertiary/aromatic N) is 4. The Bertz CT molecular complexity index is 1000. The summed E-state index contributed by atoms with van der Waals surface area (Å²) in [6.45, 7) is 6.14. The van der Waals surface area contributed by atoms with Crippen LogP contribution >= 0.6 is 0 Å². The smallest absolute Gasteiger partial charge is 0.357 e. The number of anilines is 1. The highest BCUT2D eigenvalue weighted by Gasteiger charge is 2.25. The Kier molecular flexibility index (Phi) is 4.99. The molecule has 0 amide bonds. The number of carboxylic acid groups (broad SMARTS) is 1. The first-order valence-electron chi connectivity index (χ1n) is 9.54. The van der Waals surface area contributed by atoms with Crippen LogP contribution in [0.3, 0.4) is 0 Å². The third kappa shape index (κ3) is 3.22. The molecule has 1 fully saturated rings. The van der Waals surface area contributed by atoms with Crippen LogP contribution in [0.25, 0.3) is 22.5 Å². The van der Waals surface area contributed by atoms with Crippen molar-refractivity contribution >= 4 is 22.7 Å². The molecule has 9 nitrogen and oxygen atoms in total. The topological polar surface area (TPSA) is 115 Å².